The molecule has 1 nitrogen and oxygen atoms in total. The van der Waals surface area contributed by atoms with E-state index in [1.54, 1.807) is 0 Å². The molecule has 4 aliphatic rings. The molecule has 0 amide bonds. The monoisotopic (exact) mass is 272 g/mol. The van der Waals surface area contributed by atoms with E-state index in [2.05, 4.69) is 26.0 Å². The quantitative estimate of drug-likeness (QED) is 0.645. The molecule has 0 aliphatic heterocycles. The standard InChI is InChI=1S/C19H28O/c1-18-9-3-4-16(18)15-6-5-13-12-14(20)7-11-19(13,2)17(15)8-10-18/h7,11-12,14-17,20H,3-6,8-10H2,1-2H3/t14-,15+,16+,17+,18+,19+/m1/s1. The third-order valence-electron chi connectivity index (χ3n) is 7.44. The molecule has 4 aliphatic carbocycles. The number of rotatable bonds is 0. The summed E-state index contributed by atoms with van der Waals surface area (Å²) in [5, 5.41) is 9.89. The van der Waals surface area contributed by atoms with Gasteiger partial charge in [0.05, 0.1) is 6.10 Å². The summed E-state index contributed by atoms with van der Waals surface area (Å²) in [4.78, 5) is 0. The molecule has 0 spiro atoms. The van der Waals surface area contributed by atoms with Gasteiger partial charge in [0.25, 0.3) is 0 Å². The van der Waals surface area contributed by atoms with Crippen LogP contribution in [0.2, 0.25) is 0 Å². The molecule has 20 heavy (non-hydrogen) atoms. The van der Waals surface area contributed by atoms with Crippen molar-refractivity contribution >= 4 is 0 Å². The molecule has 0 heterocycles. The molecule has 4 rings (SSSR count). The Morgan fingerprint density at radius 2 is 1.95 bits per heavy atom. The maximum Gasteiger partial charge on any atom is 0.0905 e. The molecular formula is C19H28O. The van der Waals surface area contributed by atoms with E-state index in [0.29, 0.717) is 5.41 Å². The van der Waals surface area contributed by atoms with Crippen molar-refractivity contribution in [2.45, 2.75) is 64.9 Å². The highest BCUT2D eigenvalue weighted by Gasteiger charge is 2.55. The Balaban J connectivity index is 1.69. The zero-order valence-corrected chi connectivity index (χ0v) is 12.9. The molecule has 1 heteroatoms. The van der Waals surface area contributed by atoms with Crippen LogP contribution in [0, 0.1) is 28.6 Å². The number of allylic oxidation sites excluding steroid dienone is 2. The minimum atomic E-state index is -0.338. The first-order valence-electron chi connectivity index (χ1n) is 8.61. The smallest absolute Gasteiger partial charge is 0.0905 e. The highest BCUT2D eigenvalue weighted by Crippen LogP contribution is 2.64. The van der Waals surface area contributed by atoms with Crippen LogP contribution in [-0.2, 0) is 0 Å². The molecule has 0 unspecified atom stereocenters. The summed E-state index contributed by atoms with van der Waals surface area (Å²) in [6, 6.07) is 0. The molecule has 0 aromatic rings. The van der Waals surface area contributed by atoms with Crippen LogP contribution in [0.4, 0.5) is 0 Å². The zero-order chi connectivity index (χ0) is 14.0. The van der Waals surface area contributed by atoms with Crippen molar-refractivity contribution in [2.75, 3.05) is 0 Å². The second-order valence-electron chi connectivity index (χ2n) is 8.32. The summed E-state index contributed by atoms with van der Waals surface area (Å²) >= 11 is 0. The van der Waals surface area contributed by atoms with Crippen molar-refractivity contribution in [3.05, 3.63) is 23.8 Å². The predicted molar refractivity (Wildman–Crippen MR) is 82.2 cm³/mol. The second-order valence-corrected chi connectivity index (χ2v) is 8.32. The molecule has 110 valence electrons. The normalized spacial score (nSPS) is 53.9. The van der Waals surface area contributed by atoms with Crippen LogP contribution in [0.5, 0.6) is 0 Å². The van der Waals surface area contributed by atoms with E-state index < -0.39 is 0 Å². The molecule has 0 aromatic carbocycles. The molecule has 6 atom stereocenters. The average molecular weight is 272 g/mol. The van der Waals surface area contributed by atoms with E-state index in [-0.39, 0.29) is 11.5 Å². The van der Waals surface area contributed by atoms with Crippen LogP contribution in [-0.4, -0.2) is 11.2 Å². The fourth-order valence-corrected chi connectivity index (χ4v) is 6.31. The molecule has 0 aromatic heterocycles. The topological polar surface area (TPSA) is 20.2 Å². The lowest BCUT2D eigenvalue weighted by Gasteiger charge is -2.56. The van der Waals surface area contributed by atoms with Crippen LogP contribution >= 0.6 is 0 Å². The first kappa shape index (κ1) is 13.1. The Morgan fingerprint density at radius 1 is 1.10 bits per heavy atom. The van der Waals surface area contributed by atoms with Crippen molar-refractivity contribution in [1.82, 2.24) is 0 Å². The molecule has 0 saturated heterocycles. The third kappa shape index (κ3) is 1.65. The Labute approximate surface area is 123 Å². The summed E-state index contributed by atoms with van der Waals surface area (Å²) < 4.78 is 0. The number of hydrogen-bond donors (Lipinski definition) is 1. The van der Waals surface area contributed by atoms with Gasteiger partial charge >= 0.3 is 0 Å². The Kier molecular flexibility index (Phi) is 2.77. The minimum Gasteiger partial charge on any atom is -0.385 e. The SMILES string of the molecule is C[C@@]12CCC[C@H]1[C@@H]1CCC3=C[C@H](O)C=C[C@]3(C)[C@H]1CC2. The van der Waals surface area contributed by atoms with Gasteiger partial charge in [-0.2, -0.15) is 0 Å². The van der Waals surface area contributed by atoms with Gasteiger partial charge in [0, 0.05) is 5.41 Å². The van der Waals surface area contributed by atoms with Crippen molar-refractivity contribution in [3.8, 4) is 0 Å². The summed E-state index contributed by atoms with van der Waals surface area (Å²) in [6.07, 6.45) is 16.0. The van der Waals surface area contributed by atoms with E-state index in [1.165, 1.54) is 50.5 Å². The second kappa shape index (κ2) is 4.22. The van der Waals surface area contributed by atoms with Crippen LogP contribution in [0.25, 0.3) is 0 Å². The maximum absolute atomic E-state index is 9.89. The summed E-state index contributed by atoms with van der Waals surface area (Å²) in [6.45, 7) is 5.00. The van der Waals surface area contributed by atoms with E-state index in [9.17, 15) is 5.11 Å². The van der Waals surface area contributed by atoms with Gasteiger partial charge in [-0.25, -0.2) is 0 Å². The van der Waals surface area contributed by atoms with E-state index in [0.717, 1.165) is 17.8 Å². The molecule has 0 radical (unpaired) electrons. The fraction of sp³-hybridized carbons (Fsp3) is 0.789. The first-order valence-corrected chi connectivity index (χ1v) is 8.61. The Morgan fingerprint density at radius 3 is 2.80 bits per heavy atom. The Hall–Kier alpha value is -0.560. The van der Waals surface area contributed by atoms with E-state index in [1.807, 2.05) is 6.08 Å². The summed E-state index contributed by atoms with van der Waals surface area (Å²) in [7, 11) is 0. The average Bonchev–Trinajstić information content (AvgIpc) is 2.81. The lowest BCUT2D eigenvalue weighted by atomic mass is 9.48. The number of hydrogen-bond acceptors (Lipinski definition) is 1. The van der Waals surface area contributed by atoms with Gasteiger partial charge in [0.1, 0.15) is 0 Å². The lowest BCUT2D eigenvalue weighted by molar-refractivity contribution is -0.0163. The predicted octanol–water partition coefficient (Wildman–Crippen LogP) is 4.48. The van der Waals surface area contributed by atoms with E-state index in [4.69, 9.17) is 0 Å². The zero-order valence-electron chi connectivity index (χ0n) is 12.9. The van der Waals surface area contributed by atoms with Gasteiger partial charge < -0.3 is 5.11 Å². The number of aliphatic hydroxyl groups excluding tert-OH is 1. The van der Waals surface area contributed by atoms with Crippen LogP contribution in [0.15, 0.2) is 23.8 Å². The van der Waals surface area contributed by atoms with Gasteiger partial charge in [-0.15, -0.1) is 0 Å². The van der Waals surface area contributed by atoms with Crippen molar-refractivity contribution in [3.63, 3.8) is 0 Å². The molecule has 3 saturated carbocycles. The number of aliphatic hydroxyl groups is 1. The largest absolute Gasteiger partial charge is 0.385 e. The van der Waals surface area contributed by atoms with Crippen LogP contribution in [0.3, 0.4) is 0 Å². The van der Waals surface area contributed by atoms with Crippen molar-refractivity contribution in [2.24, 2.45) is 28.6 Å². The van der Waals surface area contributed by atoms with Gasteiger partial charge in [0.2, 0.25) is 0 Å². The Bertz CT molecular complexity index is 476. The lowest BCUT2D eigenvalue weighted by Crippen LogP contribution is -2.48. The maximum atomic E-state index is 9.89. The highest BCUT2D eigenvalue weighted by molar-refractivity contribution is 5.33. The molecular weight excluding hydrogens is 244 g/mol. The van der Waals surface area contributed by atoms with Gasteiger partial charge in [-0.3, -0.25) is 0 Å². The van der Waals surface area contributed by atoms with Gasteiger partial charge in [-0.1, -0.05) is 44.1 Å². The molecule has 0 bridgehead atoms. The first-order chi connectivity index (χ1) is 9.53. The van der Waals surface area contributed by atoms with Crippen molar-refractivity contribution < 1.29 is 5.11 Å². The van der Waals surface area contributed by atoms with Crippen LogP contribution < -0.4 is 0 Å². The fourth-order valence-electron chi connectivity index (χ4n) is 6.31. The third-order valence-corrected chi connectivity index (χ3v) is 7.44. The van der Waals surface area contributed by atoms with Crippen molar-refractivity contribution in [1.29, 1.82) is 0 Å². The van der Waals surface area contributed by atoms with Gasteiger partial charge in [0.15, 0.2) is 0 Å². The summed E-state index contributed by atoms with van der Waals surface area (Å²) in [5.74, 6) is 2.72. The molecule has 1 N–H and O–H groups in total. The minimum absolute atomic E-state index is 0.242. The van der Waals surface area contributed by atoms with E-state index >= 15 is 0 Å². The van der Waals surface area contributed by atoms with Gasteiger partial charge in [-0.05, 0) is 61.7 Å². The number of fused-ring (bicyclic) bond motifs is 5. The molecule has 3 fully saturated rings. The summed E-state index contributed by atoms with van der Waals surface area (Å²) in [5.41, 5.74) is 2.42. The highest BCUT2D eigenvalue weighted by atomic mass is 16.3. The van der Waals surface area contributed by atoms with Crippen LogP contribution in [0.1, 0.15) is 58.8 Å².